The number of nitrogen functional groups attached to an aromatic ring is 1. The highest BCUT2D eigenvalue weighted by Gasteiger charge is 2.10. The summed E-state index contributed by atoms with van der Waals surface area (Å²) in [6, 6.07) is 8.56. The van der Waals surface area contributed by atoms with E-state index in [9.17, 15) is 0 Å². The number of hydrogen-bond acceptors (Lipinski definition) is 3. The lowest BCUT2D eigenvalue weighted by Gasteiger charge is -2.13. The molecule has 2 rings (SSSR count). The first kappa shape index (κ1) is 12.8. The van der Waals surface area contributed by atoms with E-state index in [1.807, 2.05) is 0 Å². The SMILES string of the molecule is CCCc1cc2cccc(C(C)C)c2nc1NN. The van der Waals surface area contributed by atoms with Gasteiger partial charge in [0, 0.05) is 5.39 Å². The van der Waals surface area contributed by atoms with Crippen molar-refractivity contribution in [2.24, 2.45) is 5.84 Å². The molecule has 3 N–H and O–H groups in total. The molecular weight excluding hydrogens is 222 g/mol. The predicted octanol–water partition coefficient (Wildman–Crippen LogP) is 3.60. The van der Waals surface area contributed by atoms with Crippen LogP contribution in [0.15, 0.2) is 24.3 Å². The van der Waals surface area contributed by atoms with Crippen molar-refractivity contribution < 1.29 is 0 Å². The Labute approximate surface area is 108 Å². The van der Waals surface area contributed by atoms with Gasteiger partial charge in [0.15, 0.2) is 0 Å². The molecule has 0 unspecified atom stereocenters. The number of para-hydroxylation sites is 1. The van der Waals surface area contributed by atoms with Gasteiger partial charge in [0.2, 0.25) is 0 Å². The maximum atomic E-state index is 5.59. The van der Waals surface area contributed by atoms with E-state index >= 15 is 0 Å². The number of nitrogens with two attached hydrogens (primary N) is 1. The number of pyridine rings is 1. The summed E-state index contributed by atoms with van der Waals surface area (Å²) in [5.74, 6) is 6.85. The normalized spacial score (nSPS) is 11.2. The molecule has 0 aliphatic rings. The minimum absolute atomic E-state index is 0.462. The summed E-state index contributed by atoms with van der Waals surface area (Å²) in [6.07, 6.45) is 2.08. The monoisotopic (exact) mass is 243 g/mol. The van der Waals surface area contributed by atoms with Crippen LogP contribution in [0.3, 0.4) is 0 Å². The third kappa shape index (κ3) is 2.31. The molecule has 18 heavy (non-hydrogen) atoms. The van der Waals surface area contributed by atoms with Crippen molar-refractivity contribution in [3.8, 4) is 0 Å². The first-order chi connectivity index (χ1) is 8.67. The molecule has 0 aliphatic heterocycles. The highest BCUT2D eigenvalue weighted by Crippen LogP contribution is 2.27. The highest BCUT2D eigenvalue weighted by atomic mass is 15.2. The molecule has 1 aromatic heterocycles. The number of nitrogens with zero attached hydrogens (tertiary/aromatic N) is 1. The number of aromatic nitrogens is 1. The van der Waals surface area contributed by atoms with E-state index in [0.717, 1.165) is 24.2 Å². The van der Waals surface area contributed by atoms with Crippen molar-refractivity contribution in [1.82, 2.24) is 4.98 Å². The molecule has 0 atom stereocenters. The highest BCUT2D eigenvalue weighted by molar-refractivity contribution is 5.85. The van der Waals surface area contributed by atoms with Crippen LogP contribution in [0.25, 0.3) is 10.9 Å². The molecule has 0 radical (unpaired) electrons. The van der Waals surface area contributed by atoms with Gasteiger partial charge in [0.25, 0.3) is 0 Å². The summed E-state index contributed by atoms with van der Waals surface area (Å²) >= 11 is 0. The lowest BCUT2D eigenvalue weighted by molar-refractivity contribution is 0.871. The van der Waals surface area contributed by atoms with Crippen LogP contribution in [-0.4, -0.2) is 4.98 Å². The summed E-state index contributed by atoms with van der Waals surface area (Å²) in [5, 5.41) is 1.20. The molecular formula is C15H21N3. The van der Waals surface area contributed by atoms with Gasteiger partial charge in [-0.05, 0) is 29.5 Å². The number of anilines is 1. The summed E-state index contributed by atoms with van der Waals surface area (Å²) < 4.78 is 0. The molecule has 0 saturated heterocycles. The maximum absolute atomic E-state index is 5.59. The van der Waals surface area contributed by atoms with Crippen molar-refractivity contribution >= 4 is 16.7 Å². The van der Waals surface area contributed by atoms with E-state index in [2.05, 4.69) is 50.5 Å². The fourth-order valence-electron chi connectivity index (χ4n) is 2.32. The Balaban J connectivity index is 2.66. The van der Waals surface area contributed by atoms with Gasteiger partial charge >= 0.3 is 0 Å². The van der Waals surface area contributed by atoms with Crippen LogP contribution >= 0.6 is 0 Å². The van der Waals surface area contributed by atoms with Crippen molar-refractivity contribution in [2.75, 3.05) is 5.43 Å². The molecule has 0 spiro atoms. The fourth-order valence-corrected chi connectivity index (χ4v) is 2.32. The van der Waals surface area contributed by atoms with Crippen LogP contribution in [0.2, 0.25) is 0 Å². The second-order valence-electron chi connectivity index (χ2n) is 4.96. The third-order valence-electron chi connectivity index (χ3n) is 3.23. The van der Waals surface area contributed by atoms with E-state index in [4.69, 9.17) is 10.8 Å². The quantitative estimate of drug-likeness (QED) is 0.637. The largest absolute Gasteiger partial charge is 0.308 e. The van der Waals surface area contributed by atoms with Gasteiger partial charge in [-0.1, -0.05) is 45.4 Å². The molecule has 1 heterocycles. The van der Waals surface area contributed by atoms with Crippen LogP contribution in [0.1, 0.15) is 44.2 Å². The summed E-state index contributed by atoms with van der Waals surface area (Å²) in [5.41, 5.74) is 6.24. The Morgan fingerprint density at radius 3 is 2.72 bits per heavy atom. The molecule has 0 amide bonds. The van der Waals surface area contributed by atoms with Gasteiger partial charge in [0.1, 0.15) is 5.82 Å². The molecule has 3 heteroatoms. The van der Waals surface area contributed by atoms with Crippen LogP contribution < -0.4 is 11.3 Å². The lowest BCUT2D eigenvalue weighted by atomic mass is 9.98. The molecule has 0 fully saturated rings. The molecule has 2 aromatic rings. The van der Waals surface area contributed by atoms with Crippen molar-refractivity contribution in [3.05, 3.63) is 35.4 Å². The third-order valence-corrected chi connectivity index (χ3v) is 3.23. The second kappa shape index (κ2) is 5.36. The maximum Gasteiger partial charge on any atom is 0.143 e. The van der Waals surface area contributed by atoms with Crippen molar-refractivity contribution in [1.29, 1.82) is 0 Å². The van der Waals surface area contributed by atoms with Crippen LogP contribution in [0.4, 0.5) is 5.82 Å². The average Bonchev–Trinajstić information content (AvgIpc) is 2.37. The van der Waals surface area contributed by atoms with Gasteiger partial charge in [-0.15, -0.1) is 0 Å². The Morgan fingerprint density at radius 1 is 1.33 bits per heavy atom. The number of rotatable bonds is 4. The smallest absolute Gasteiger partial charge is 0.143 e. The van der Waals surface area contributed by atoms with E-state index in [0.29, 0.717) is 5.92 Å². The molecule has 1 aromatic carbocycles. The van der Waals surface area contributed by atoms with E-state index in [-0.39, 0.29) is 0 Å². The Hall–Kier alpha value is -1.61. The molecule has 0 saturated carbocycles. The van der Waals surface area contributed by atoms with Crippen LogP contribution in [-0.2, 0) is 6.42 Å². The zero-order chi connectivity index (χ0) is 13.1. The Kier molecular flexibility index (Phi) is 3.82. The Morgan fingerprint density at radius 2 is 2.11 bits per heavy atom. The number of hydrazine groups is 1. The van der Waals surface area contributed by atoms with E-state index < -0.39 is 0 Å². The molecule has 96 valence electrons. The summed E-state index contributed by atoms with van der Waals surface area (Å²) in [6.45, 7) is 6.53. The minimum atomic E-state index is 0.462. The molecule has 3 nitrogen and oxygen atoms in total. The van der Waals surface area contributed by atoms with Gasteiger partial charge in [-0.3, -0.25) is 0 Å². The van der Waals surface area contributed by atoms with E-state index in [1.165, 1.54) is 16.5 Å². The first-order valence-electron chi connectivity index (χ1n) is 6.56. The number of benzene rings is 1. The van der Waals surface area contributed by atoms with E-state index in [1.54, 1.807) is 0 Å². The van der Waals surface area contributed by atoms with Gasteiger partial charge in [0.05, 0.1) is 5.52 Å². The van der Waals surface area contributed by atoms with Gasteiger partial charge in [-0.25, -0.2) is 10.8 Å². The van der Waals surface area contributed by atoms with Crippen molar-refractivity contribution in [3.63, 3.8) is 0 Å². The van der Waals surface area contributed by atoms with Gasteiger partial charge < -0.3 is 5.43 Å². The first-order valence-corrected chi connectivity index (χ1v) is 6.56. The van der Waals surface area contributed by atoms with Gasteiger partial charge in [-0.2, -0.15) is 0 Å². The van der Waals surface area contributed by atoms with Crippen LogP contribution in [0.5, 0.6) is 0 Å². The minimum Gasteiger partial charge on any atom is -0.308 e. The summed E-state index contributed by atoms with van der Waals surface area (Å²) in [4.78, 5) is 4.70. The fraction of sp³-hybridized carbons (Fsp3) is 0.400. The number of hydrogen-bond donors (Lipinski definition) is 2. The zero-order valence-electron chi connectivity index (χ0n) is 11.3. The second-order valence-corrected chi connectivity index (χ2v) is 4.96. The summed E-state index contributed by atoms with van der Waals surface area (Å²) in [7, 11) is 0. The number of aryl methyl sites for hydroxylation is 1. The number of fused-ring (bicyclic) bond motifs is 1. The topological polar surface area (TPSA) is 50.9 Å². The Bertz CT molecular complexity index is 547. The molecule has 0 aliphatic carbocycles. The molecule has 0 bridgehead atoms. The zero-order valence-corrected chi connectivity index (χ0v) is 11.3. The van der Waals surface area contributed by atoms with Crippen molar-refractivity contribution in [2.45, 2.75) is 39.5 Å². The van der Waals surface area contributed by atoms with Crippen LogP contribution in [0, 0.1) is 0 Å². The number of nitrogens with one attached hydrogen (secondary N) is 1. The average molecular weight is 243 g/mol. The predicted molar refractivity (Wildman–Crippen MR) is 77.6 cm³/mol. The standard InChI is InChI=1S/C15H21N3/c1-4-6-12-9-11-7-5-8-13(10(2)3)14(11)17-15(12)18-16/h5,7-10H,4,6,16H2,1-3H3,(H,17,18). The lowest BCUT2D eigenvalue weighted by Crippen LogP contribution is -2.11.